The molecule has 0 aliphatic carbocycles. The van der Waals surface area contributed by atoms with Crippen molar-refractivity contribution in [3.8, 4) is 0 Å². The minimum atomic E-state index is 0.188. The zero-order valence-corrected chi connectivity index (χ0v) is 17.1. The lowest BCUT2D eigenvalue weighted by Crippen LogP contribution is -2.89. The Hall–Kier alpha value is -1.48. The summed E-state index contributed by atoms with van der Waals surface area (Å²) in [5.41, 5.74) is 3.73. The zero-order valence-electron chi connectivity index (χ0n) is 17.1. The number of anilines is 1. The van der Waals surface area contributed by atoms with Crippen LogP contribution in [0.1, 0.15) is 0 Å². The molecule has 0 aromatic heterocycles. The largest absolute Gasteiger partial charge is 0.439 e. The van der Waals surface area contributed by atoms with Gasteiger partial charge in [0.05, 0.1) is 5.69 Å². The smallest absolute Gasteiger partial charge is 0.407 e. The Balaban J connectivity index is 1.73. The van der Waals surface area contributed by atoms with Gasteiger partial charge in [-0.2, -0.15) is 0 Å². The monoisotopic (exact) mass is 358 g/mol. The Morgan fingerprint density at radius 2 is 1.63 bits per heavy atom. The average molecular weight is 357 g/mol. The van der Waals surface area contributed by atoms with Gasteiger partial charge >= 0.3 is 14.1 Å². The molecule has 0 radical (unpaired) electrons. The minimum Gasteiger partial charge on any atom is -0.407 e. The molecule has 0 spiro atoms. The van der Waals surface area contributed by atoms with E-state index in [1.54, 1.807) is 0 Å². The van der Waals surface area contributed by atoms with E-state index >= 15 is 0 Å². The molecule has 4 heterocycles. The molecule has 4 aliphatic rings. The molecule has 1 aromatic carbocycles. The van der Waals surface area contributed by atoms with E-state index in [1.807, 2.05) is 0 Å². The van der Waals surface area contributed by atoms with Crippen LogP contribution in [0.2, 0.25) is 20.5 Å². The normalized spacial score (nSPS) is 23.9. The van der Waals surface area contributed by atoms with Crippen LogP contribution in [0.5, 0.6) is 0 Å². The lowest BCUT2D eigenvalue weighted by atomic mass is 9.35. The second-order valence-electron chi connectivity index (χ2n) is 8.22. The fourth-order valence-corrected chi connectivity index (χ4v) is 5.27. The van der Waals surface area contributed by atoms with E-state index < -0.39 is 0 Å². The molecule has 27 heavy (non-hydrogen) atoms. The zero-order chi connectivity index (χ0) is 19.0. The number of rotatable bonds is 0. The number of nitrogens with zero attached hydrogens (tertiary/aromatic N) is 7. The third-order valence-electron chi connectivity index (χ3n) is 7.17. The molecule has 7 nitrogen and oxygen atoms in total. The Labute approximate surface area is 164 Å². The number of hydrogen-bond donors (Lipinski definition) is 0. The minimum absolute atomic E-state index is 0.188. The Morgan fingerprint density at radius 3 is 2.41 bits per heavy atom. The Morgan fingerprint density at radius 1 is 0.926 bits per heavy atom. The van der Waals surface area contributed by atoms with Crippen LogP contribution in [-0.2, 0) is 0 Å². The van der Waals surface area contributed by atoms with E-state index in [0.29, 0.717) is 20.9 Å². The first-order valence-electron chi connectivity index (χ1n) is 9.91. The van der Waals surface area contributed by atoms with Crippen molar-refractivity contribution in [3.05, 3.63) is 35.9 Å². The molecule has 0 N–H and O–H groups in total. The van der Waals surface area contributed by atoms with E-state index in [9.17, 15) is 0 Å². The fraction of sp³-hybridized carbons (Fsp3) is 0.467. The molecule has 134 valence electrons. The van der Waals surface area contributed by atoms with Crippen molar-refractivity contribution in [1.29, 1.82) is 0 Å². The van der Waals surface area contributed by atoms with E-state index in [0.717, 1.165) is 6.54 Å². The van der Waals surface area contributed by atoms with Crippen molar-refractivity contribution in [2.75, 3.05) is 32.4 Å². The van der Waals surface area contributed by atoms with Gasteiger partial charge in [0.1, 0.15) is 6.54 Å². The van der Waals surface area contributed by atoms with Crippen LogP contribution in [0.4, 0.5) is 11.4 Å². The predicted molar refractivity (Wildman–Crippen MR) is 116 cm³/mol. The summed E-state index contributed by atoms with van der Waals surface area (Å²) < 4.78 is 14.8. The van der Waals surface area contributed by atoms with Gasteiger partial charge in [-0.1, -0.05) is 37.3 Å². The topological polar surface area (TPSA) is 31.6 Å². The van der Waals surface area contributed by atoms with Crippen molar-refractivity contribution in [2.24, 2.45) is 5.11 Å². The third-order valence-corrected chi connectivity index (χ3v) is 7.17. The van der Waals surface area contributed by atoms with Gasteiger partial charge in [0.25, 0.3) is 26.6 Å². The first-order chi connectivity index (χ1) is 12.9. The van der Waals surface area contributed by atoms with Gasteiger partial charge < -0.3 is 23.5 Å². The van der Waals surface area contributed by atoms with Crippen molar-refractivity contribution >= 4 is 46.4 Å². The molecule has 1 aromatic rings. The highest BCUT2D eigenvalue weighted by molar-refractivity contribution is 7.04. The summed E-state index contributed by atoms with van der Waals surface area (Å²) in [5, 5.41) is 4.77. The fourth-order valence-electron chi connectivity index (χ4n) is 5.27. The Kier molecular flexibility index (Phi) is 3.92. The van der Waals surface area contributed by atoms with Gasteiger partial charge in [0.2, 0.25) is 5.60 Å². The lowest BCUT2D eigenvalue weighted by molar-refractivity contribution is -0.445. The SMILES string of the molecule is CB1N(C)B(C)N2B(C)N(C)B3C4=CCN=[N+]4c4ccccc4N3B2N1C. The molecule has 2 saturated heterocycles. The quantitative estimate of drug-likeness (QED) is 0.511. The van der Waals surface area contributed by atoms with E-state index in [-0.39, 0.29) is 14.1 Å². The summed E-state index contributed by atoms with van der Waals surface area (Å²) in [7, 11) is 6.93. The van der Waals surface area contributed by atoms with Crippen molar-refractivity contribution in [2.45, 2.75) is 20.5 Å². The highest BCUT2D eigenvalue weighted by Crippen LogP contribution is 2.43. The van der Waals surface area contributed by atoms with Crippen molar-refractivity contribution < 1.29 is 4.70 Å². The van der Waals surface area contributed by atoms with Crippen LogP contribution < -0.4 is 4.72 Å². The number of fused-ring (bicyclic) bond motifs is 8. The number of para-hydroxylation sites is 2. The van der Waals surface area contributed by atoms with Crippen LogP contribution in [0.3, 0.4) is 0 Å². The maximum Gasteiger partial charge on any atom is 0.439 e. The Bertz CT molecular complexity index is 850. The van der Waals surface area contributed by atoms with Crippen LogP contribution >= 0.6 is 0 Å². The summed E-state index contributed by atoms with van der Waals surface area (Å²) in [6.45, 7) is 8.94. The molecule has 0 unspecified atom stereocenters. The van der Waals surface area contributed by atoms with Gasteiger partial charge in [-0.05, 0) is 32.3 Å². The van der Waals surface area contributed by atoms with Gasteiger partial charge in [0.15, 0.2) is 0 Å². The van der Waals surface area contributed by atoms with Crippen molar-refractivity contribution in [1.82, 2.24) is 18.8 Å². The van der Waals surface area contributed by atoms with E-state index in [1.165, 1.54) is 17.0 Å². The van der Waals surface area contributed by atoms with E-state index in [2.05, 4.69) is 100 Å². The van der Waals surface area contributed by atoms with Crippen molar-refractivity contribution in [3.63, 3.8) is 0 Å². The summed E-state index contributed by atoms with van der Waals surface area (Å²) in [6.07, 6.45) is 2.29. The molecule has 0 atom stereocenters. The van der Waals surface area contributed by atoms with Crippen LogP contribution in [0, 0.1) is 0 Å². The van der Waals surface area contributed by atoms with E-state index in [4.69, 9.17) is 5.11 Å². The summed E-state index contributed by atoms with van der Waals surface area (Å²) in [6, 6.07) is 8.70. The number of benzene rings is 1. The standard InChI is InChI=1S/C15H25B5N7/c1-16-22(4)17(2)27-18(3)23(5)19-15-11-12-21-25(15)13-9-7-8-10-14(13)26(19)20(27)24(16)6/h7-11H,12H2,1-6H3/q+1. The molecular weight excluding hydrogens is 332 g/mol. The highest BCUT2D eigenvalue weighted by Gasteiger charge is 2.64. The van der Waals surface area contributed by atoms with Crippen LogP contribution in [0.15, 0.2) is 41.1 Å². The summed E-state index contributed by atoms with van der Waals surface area (Å²) >= 11 is 0. The number of hydrogen-bond acceptors (Lipinski definition) is 6. The average Bonchev–Trinajstić information content (AvgIpc) is 3.16. The molecule has 0 saturated carbocycles. The molecular formula is C15H25B5N7+. The predicted octanol–water partition coefficient (Wildman–Crippen LogP) is 0.991. The molecule has 0 bridgehead atoms. The van der Waals surface area contributed by atoms with Gasteiger partial charge in [-0.25, -0.2) is 0 Å². The van der Waals surface area contributed by atoms with Crippen LogP contribution in [0.25, 0.3) is 0 Å². The highest BCUT2D eigenvalue weighted by atomic mass is 15.5. The molecule has 5 rings (SSSR count). The maximum atomic E-state index is 4.77. The summed E-state index contributed by atoms with van der Waals surface area (Å²) in [5.74, 6) is 0. The first kappa shape index (κ1) is 17.6. The van der Waals surface area contributed by atoms with Gasteiger partial charge in [-0.15, -0.1) is 0 Å². The molecule has 2 fully saturated rings. The van der Waals surface area contributed by atoms with Crippen LogP contribution in [-0.4, -0.2) is 86.2 Å². The second kappa shape index (κ2) is 6.01. The second-order valence-corrected chi connectivity index (χ2v) is 8.22. The third kappa shape index (κ3) is 2.18. The first-order valence-corrected chi connectivity index (χ1v) is 9.91. The number of azo groups is 2. The van der Waals surface area contributed by atoms with Gasteiger partial charge in [0, 0.05) is 12.1 Å². The molecule has 12 heteroatoms. The van der Waals surface area contributed by atoms with Gasteiger partial charge in [-0.3, -0.25) is 0 Å². The summed E-state index contributed by atoms with van der Waals surface area (Å²) in [4.78, 5) is 0. The maximum absolute atomic E-state index is 4.77. The lowest BCUT2D eigenvalue weighted by Gasteiger charge is -2.61. The molecule has 4 aliphatic heterocycles. The molecule has 0 amide bonds.